The summed E-state index contributed by atoms with van der Waals surface area (Å²) in [6.07, 6.45) is 7.17. The molecule has 0 aliphatic carbocycles. The predicted octanol–water partition coefficient (Wildman–Crippen LogP) is 5.23. The molecule has 0 spiro atoms. The van der Waals surface area contributed by atoms with Crippen molar-refractivity contribution in [1.29, 1.82) is 0 Å². The lowest BCUT2D eigenvalue weighted by atomic mass is 10.0. The van der Waals surface area contributed by atoms with Gasteiger partial charge in [-0.2, -0.15) is 0 Å². The fraction of sp³-hybridized carbons (Fsp3) is 0.0385. The van der Waals surface area contributed by atoms with Crippen molar-refractivity contribution < 1.29 is 9.59 Å². The number of rotatable bonds is 3. The second kappa shape index (κ2) is 7.28. The highest BCUT2D eigenvalue weighted by Gasteiger charge is 2.42. The average molecular weight is 497 g/mol. The van der Waals surface area contributed by atoms with Crippen LogP contribution in [0.2, 0.25) is 0 Å². The second-order valence-electron chi connectivity index (χ2n) is 7.94. The van der Waals surface area contributed by atoms with Crippen molar-refractivity contribution in [2.75, 3.05) is 4.90 Å². The molecule has 1 aliphatic heterocycles. The normalized spacial score (nSPS) is 14.3. The number of benzene rings is 2. The third-order valence-corrected chi connectivity index (χ3v) is 6.52. The van der Waals surface area contributed by atoms with Gasteiger partial charge in [-0.25, -0.2) is 4.90 Å². The number of para-hydroxylation sites is 1. The van der Waals surface area contributed by atoms with Crippen LogP contribution in [0.15, 0.2) is 89.9 Å². The summed E-state index contributed by atoms with van der Waals surface area (Å²) in [5.41, 5.74) is 3.76. The van der Waals surface area contributed by atoms with Crippen LogP contribution in [-0.4, -0.2) is 25.9 Å². The summed E-state index contributed by atoms with van der Waals surface area (Å²) in [7, 11) is 1.94. The van der Waals surface area contributed by atoms with Crippen LogP contribution in [0.3, 0.4) is 0 Å². The van der Waals surface area contributed by atoms with Crippen LogP contribution in [0.5, 0.6) is 0 Å². The predicted molar refractivity (Wildman–Crippen MR) is 132 cm³/mol. The fourth-order valence-electron chi connectivity index (χ4n) is 4.54. The summed E-state index contributed by atoms with van der Waals surface area (Å²) in [6, 6.07) is 18.7. The number of halogens is 1. The maximum Gasteiger partial charge on any atom is 0.283 e. The average Bonchev–Trinajstić information content (AvgIpc) is 3.46. The third kappa shape index (κ3) is 2.89. The van der Waals surface area contributed by atoms with Gasteiger partial charge in [-0.15, -0.1) is 0 Å². The highest BCUT2D eigenvalue weighted by molar-refractivity contribution is 9.10. The Morgan fingerprint density at radius 1 is 0.909 bits per heavy atom. The van der Waals surface area contributed by atoms with Gasteiger partial charge in [0.1, 0.15) is 5.70 Å². The molecule has 6 rings (SSSR count). The van der Waals surface area contributed by atoms with Crippen LogP contribution < -0.4 is 4.90 Å². The number of anilines is 1. The molecule has 0 N–H and O–H groups in total. The van der Waals surface area contributed by atoms with Crippen molar-refractivity contribution in [3.8, 4) is 0 Å². The van der Waals surface area contributed by atoms with Gasteiger partial charge in [0.25, 0.3) is 11.8 Å². The Labute approximate surface area is 197 Å². The first-order chi connectivity index (χ1) is 16.0. The Morgan fingerprint density at radius 2 is 1.73 bits per heavy atom. The molecule has 160 valence electrons. The van der Waals surface area contributed by atoms with Crippen molar-refractivity contribution in [2.45, 2.75) is 0 Å². The zero-order chi connectivity index (χ0) is 22.7. The molecule has 0 saturated heterocycles. The number of carbonyl (C=O) groups excluding carboxylic acids is 2. The van der Waals surface area contributed by atoms with Crippen LogP contribution in [0, 0.1) is 0 Å². The first-order valence-corrected chi connectivity index (χ1v) is 11.2. The van der Waals surface area contributed by atoms with Crippen LogP contribution in [0.25, 0.3) is 33.1 Å². The molecule has 6 nitrogen and oxygen atoms in total. The van der Waals surface area contributed by atoms with Crippen LogP contribution in [-0.2, 0) is 16.6 Å². The number of pyridine rings is 1. The number of hydrogen-bond acceptors (Lipinski definition) is 3. The van der Waals surface area contributed by atoms with E-state index in [-0.39, 0.29) is 11.8 Å². The van der Waals surface area contributed by atoms with E-state index >= 15 is 0 Å². The molecular weight excluding hydrogens is 480 g/mol. The quantitative estimate of drug-likeness (QED) is 0.321. The third-order valence-electron chi connectivity index (χ3n) is 6.03. The molecule has 33 heavy (non-hydrogen) atoms. The second-order valence-corrected chi connectivity index (χ2v) is 8.86. The molecule has 3 aromatic heterocycles. The molecule has 0 saturated carbocycles. The fourth-order valence-corrected chi connectivity index (χ4v) is 4.90. The molecule has 0 fully saturated rings. The van der Waals surface area contributed by atoms with Gasteiger partial charge < -0.3 is 9.13 Å². The number of hydrogen-bond donors (Lipinski definition) is 0. The minimum absolute atomic E-state index is 0.331. The lowest BCUT2D eigenvalue weighted by Crippen LogP contribution is -2.31. The Hall–Kier alpha value is -3.97. The summed E-state index contributed by atoms with van der Waals surface area (Å²) >= 11 is 3.55. The van der Waals surface area contributed by atoms with E-state index < -0.39 is 0 Å². The van der Waals surface area contributed by atoms with E-state index in [4.69, 9.17) is 0 Å². The monoisotopic (exact) mass is 496 g/mol. The van der Waals surface area contributed by atoms with E-state index in [0.717, 1.165) is 31.8 Å². The maximum absolute atomic E-state index is 13.9. The highest BCUT2D eigenvalue weighted by atomic mass is 79.9. The Morgan fingerprint density at radius 3 is 2.55 bits per heavy atom. The largest absolute Gasteiger partial charge is 0.350 e. The van der Waals surface area contributed by atoms with Crippen molar-refractivity contribution in [1.82, 2.24) is 14.1 Å². The van der Waals surface area contributed by atoms with Gasteiger partial charge in [0.2, 0.25) is 0 Å². The minimum atomic E-state index is -0.359. The topological polar surface area (TPSA) is 60.1 Å². The zero-order valence-corrected chi connectivity index (χ0v) is 19.2. The molecule has 2 amide bonds. The summed E-state index contributed by atoms with van der Waals surface area (Å²) in [5, 5.41) is 1.79. The standard InChI is InChI=1S/C26H17BrN4O2/c1-29-15-20(19-13-17(27)7-8-22(19)29)23-24(30-12-10-16-14-28-11-9-21(16)30)26(33)31(25(23)32)18-5-3-2-4-6-18/h2-15H,1H3. The molecule has 1 aliphatic rings. The number of aryl methyl sites for hydroxylation is 1. The highest BCUT2D eigenvalue weighted by Crippen LogP contribution is 2.40. The van der Waals surface area contributed by atoms with Crippen LogP contribution in [0.4, 0.5) is 5.69 Å². The smallest absolute Gasteiger partial charge is 0.283 e. The number of aromatic nitrogens is 3. The van der Waals surface area contributed by atoms with Gasteiger partial charge in [0.15, 0.2) is 0 Å². The number of carbonyl (C=O) groups is 2. The summed E-state index contributed by atoms with van der Waals surface area (Å²) in [5.74, 6) is -0.702. The van der Waals surface area contributed by atoms with Gasteiger partial charge in [-0.05, 0) is 42.5 Å². The van der Waals surface area contributed by atoms with E-state index in [1.54, 1.807) is 29.1 Å². The van der Waals surface area contributed by atoms with Crippen molar-refractivity contribution in [3.63, 3.8) is 0 Å². The molecular formula is C26H17BrN4O2. The van der Waals surface area contributed by atoms with E-state index in [1.165, 1.54) is 4.90 Å². The molecule has 0 radical (unpaired) electrons. The number of imide groups is 1. The summed E-state index contributed by atoms with van der Waals surface area (Å²) in [6.45, 7) is 0. The number of fused-ring (bicyclic) bond motifs is 2. The van der Waals surface area contributed by atoms with Crippen molar-refractivity contribution >= 4 is 66.5 Å². The maximum atomic E-state index is 13.9. The minimum Gasteiger partial charge on any atom is -0.350 e. The van der Waals surface area contributed by atoms with E-state index in [1.807, 2.05) is 72.5 Å². The SMILES string of the molecule is Cn1cc(C2=C(n3ccc4cnccc43)C(=O)N(c3ccccc3)C2=O)c2cc(Br)ccc21. The molecule has 2 aromatic carbocycles. The van der Waals surface area contributed by atoms with Gasteiger partial charge >= 0.3 is 0 Å². The lowest BCUT2D eigenvalue weighted by molar-refractivity contribution is -0.119. The summed E-state index contributed by atoms with van der Waals surface area (Å²) in [4.78, 5) is 33.2. The Kier molecular flexibility index (Phi) is 4.35. The number of amides is 2. The molecule has 0 bridgehead atoms. The molecule has 4 heterocycles. The first kappa shape index (κ1) is 19.7. The number of nitrogens with zero attached hydrogens (tertiary/aromatic N) is 4. The molecule has 5 aromatic rings. The van der Waals surface area contributed by atoms with E-state index in [2.05, 4.69) is 20.9 Å². The van der Waals surface area contributed by atoms with Gasteiger partial charge in [-0.1, -0.05) is 34.1 Å². The first-order valence-electron chi connectivity index (χ1n) is 10.4. The lowest BCUT2D eigenvalue weighted by Gasteiger charge is -2.15. The van der Waals surface area contributed by atoms with Gasteiger partial charge in [0.05, 0.1) is 16.8 Å². The van der Waals surface area contributed by atoms with Crippen molar-refractivity contribution in [2.24, 2.45) is 7.05 Å². The zero-order valence-electron chi connectivity index (χ0n) is 17.6. The van der Waals surface area contributed by atoms with Crippen LogP contribution in [0.1, 0.15) is 5.56 Å². The molecule has 0 atom stereocenters. The van der Waals surface area contributed by atoms with E-state index in [9.17, 15) is 9.59 Å². The van der Waals surface area contributed by atoms with Crippen LogP contribution >= 0.6 is 15.9 Å². The van der Waals surface area contributed by atoms with Gasteiger partial charge in [0, 0.05) is 58.2 Å². The molecule has 0 unspecified atom stereocenters. The van der Waals surface area contributed by atoms with Crippen molar-refractivity contribution in [3.05, 3.63) is 95.5 Å². The Balaban J connectivity index is 1.68. The Bertz CT molecular complexity index is 1630. The molecule has 7 heteroatoms. The van der Waals surface area contributed by atoms with E-state index in [0.29, 0.717) is 17.0 Å². The summed E-state index contributed by atoms with van der Waals surface area (Å²) < 4.78 is 4.67. The van der Waals surface area contributed by atoms with Gasteiger partial charge in [-0.3, -0.25) is 14.6 Å².